The van der Waals surface area contributed by atoms with Gasteiger partial charge in [-0.2, -0.15) is 0 Å². The Morgan fingerprint density at radius 2 is 0.494 bits per heavy atom. The van der Waals surface area contributed by atoms with Crippen LogP contribution < -0.4 is 0 Å². The summed E-state index contributed by atoms with van der Waals surface area (Å²) in [5, 5.41) is 12.1. The zero-order chi connectivity index (χ0) is 55.6. The molecule has 0 spiro atoms. The van der Waals surface area contributed by atoms with E-state index in [-0.39, 0.29) is 6.10 Å². The Morgan fingerprint density at radius 3 is 0.753 bits per heavy atom. The van der Waals surface area contributed by atoms with Crippen molar-refractivity contribution in [2.24, 2.45) is 5.92 Å². The number of aliphatic hydroxyl groups is 1. The van der Waals surface area contributed by atoms with Gasteiger partial charge in [0.05, 0.1) is 6.10 Å². The molecule has 1 aliphatic rings. The highest BCUT2D eigenvalue weighted by Gasteiger charge is 2.29. The highest BCUT2D eigenvalue weighted by atomic mass is 16.3. The van der Waals surface area contributed by atoms with Crippen LogP contribution in [0.25, 0.3) is 0 Å². The minimum absolute atomic E-state index is 0.197. The van der Waals surface area contributed by atoms with E-state index in [1.54, 1.807) is 0 Å². The second kappa shape index (κ2) is 60.4. The van der Waals surface area contributed by atoms with Crippen LogP contribution >= 0.6 is 0 Å². The van der Waals surface area contributed by atoms with E-state index in [1.165, 1.54) is 367 Å². The van der Waals surface area contributed by atoms with Crippen LogP contribution in [-0.2, 0) is 0 Å². The molecule has 0 aliphatic carbocycles. The molecular weight excluding hydrogens is 937 g/mol. The quantitative estimate of drug-likeness (QED) is 0.0614. The largest absolute Gasteiger partial charge is 0.392 e. The van der Waals surface area contributed by atoms with Crippen molar-refractivity contribution in [1.82, 2.24) is 19.6 Å². The van der Waals surface area contributed by atoms with Crippen molar-refractivity contribution in [3.05, 3.63) is 0 Å². The van der Waals surface area contributed by atoms with Crippen molar-refractivity contribution in [3.8, 4) is 0 Å². The second-order valence-corrected chi connectivity index (χ2v) is 26.1. The smallest absolute Gasteiger partial charge is 0.0696 e. The summed E-state index contributed by atoms with van der Waals surface area (Å²) in [6, 6.07) is 0.601. The van der Waals surface area contributed by atoms with Gasteiger partial charge in [0.25, 0.3) is 0 Å². The molecule has 1 heterocycles. The molecule has 462 valence electrons. The fourth-order valence-electron chi connectivity index (χ4n) is 13.0. The molecule has 5 nitrogen and oxygen atoms in total. The van der Waals surface area contributed by atoms with Crippen LogP contribution in [-0.4, -0.2) is 109 Å². The lowest BCUT2D eigenvalue weighted by molar-refractivity contribution is 0.0180. The lowest BCUT2D eigenvalue weighted by atomic mass is 9.90. The predicted molar refractivity (Wildman–Crippen MR) is 348 cm³/mol. The SMILES string of the molecule is CCCCCCCCCCCCN(CCCCCCCCCCCC)CCN(CCCCCCCCCCCC)CC(O)C1CCN(C(C)CN(CCCCCCCCCCCC)CCCCCCCCCCCC)CC1. The number of hydrogen-bond donors (Lipinski definition) is 1. The summed E-state index contributed by atoms with van der Waals surface area (Å²) in [6.45, 7) is 27.2. The van der Waals surface area contributed by atoms with Crippen molar-refractivity contribution >= 4 is 0 Å². The Labute approximate surface area is 487 Å². The molecule has 0 aromatic rings. The molecule has 1 N–H and O–H groups in total. The molecule has 1 saturated heterocycles. The summed E-state index contributed by atoms with van der Waals surface area (Å²) in [5.74, 6) is 0.442. The van der Waals surface area contributed by atoms with Crippen LogP contribution in [0.3, 0.4) is 0 Å². The number of unbranched alkanes of at least 4 members (excludes halogenated alkanes) is 45. The van der Waals surface area contributed by atoms with Gasteiger partial charge in [0.1, 0.15) is 0 Å². The maximum Gasteiger partial charge on any atom is 0.0696 e. The molecule has 0 amide bonds. The van der Waals surface area contributed by atoms with Crippen molar-refractivity contribution in [2.75, 3.05) is 72.0 Å². The minimum atomic E-state index is -0.197. The molecule has 1 rings (SSSR count). The van der Waals surface area contributed by atoms with E-state index in [0.717, 1.165) is 39.0 Å². The summed E-state index contributed by atoms with van der Waals surface area (Å²) in [5.41, 5.74) is 0. The van der Waals surface area contributed by atoms with Gasteiger partial charge >= 0.3 is 0 Å². The summed E-state index contributed by atoms with van der Waals surface area (Å²) in [7, 11) is 0. The van der Waals surface area contributed by atoms with Gasteiger partial charge < -0.3 is 14.9 Å². The Kier molecular flexibility index (Phi) is 58.7. The van der Waals surface area contributed by atoms with E-state index < -0.39 is 0 Å². The van der Waals surface area contributed by atoms with Crippen molar-refractivity contribution in [2.45, 2.75) is 388 Å². The monoisotopic (exact) mass is 1090 g/mol. The van der Waals surface area contributed by atoms with E-state index in [1.807, 2.05) is 0 Å². The maximum absolute atomic E-state index is 12.1. The third kappa shape index (κ3) is 50.1. The van der Waals surface area contributed by atoms with Gasteiger partial charge in [0.15, 0.2) is 0 Å². The summed E-state index contributed by atoms with van der Waals surface area (Å²) in [4.78, 5) is 11.3. The van der Waals surface area contributed by atoms with Crippen LogP contribution in [0.15, 0.2) is 0 Å². The average Bonchev–Trinajstić information content (AvgIpc) is 3.44. The summed E-state index contributed by atoms with van der Waals surface area (Å²) in [6.07, 6.45) is 72.8. The van der Waals surface area contributed by atoms with Gasteiger partial charge in [-0.1, -0.05) is 324 Å². The molecule has 77 heavy (non-hydrogen) atoms. The average molecular weight is 1090 g/mol. The highest BCUT2D eigenvalue weighted by Crippen LogP contribution is 2.25. The van der Waals surface area contributed by atoms with Crippen molar-refractivity contribution in [1.29, 1.82) is 0 Å². The number of rotatable bonds is 64. The number of hydrogen-bond acceptors (Lipinski definition) is 5. The zero-order valence-electron chi connectivity index (χ0n) is 54.5. The lowest BCUT2D eigenvalue weighted by Crippen LogP contribution is -2.49. The third-order valence-corrected chi connectivity index (χ3v) is 18.6. The van der Waals surface area contributed by atoms with Crippen molar-refractivity contribution < 1.29 is 5.11 Å². The molecule has 5 heteroatoms. The second-order valence-electron chi connectivity index (χ2n) is 26.1. The van der Waals surface area contributed by atoms with Gasteiger partial charge in [-0.25, -0.2) is 0 Å². The number of aliphatic hydroxyl groups excluding tert-OH is 1. The molecule has 2 atom stereocenters. The van der Waals surface area contributed by atoms with Gasteiger partial charge in [-0.15, -0.1) is 0 Å². The van der Waals surface area contributed by atoms with Crippen LogP contribution in [0.4, 0.5) is 0 Å². The summed E-state index contributed by atoms with van der Waals surface area (Å²) >= 11 is 0. The molecule has 0 aromatic heterocycles. The van der Waals surface area contributed by atoms with E-state index in [2.05, 4.69) is 61.1 Å². The molecule has 2 unspecified atom stereocenters. The van der Waals surface area contributed by atoms with Gasteiger partial charge in [0.2, 0.25) is 0 Å². The van der Waals surface area contributed by atoms with Crippen LogP contribution in [0.2, 0.25) is 0 Å². The highest BCUT2D eigenvalue weighted by molar-refractivity contribution is 4.83. The Morgan fingerprint density at radius 1 is 0.286 bits per heavy atom. The number of likely N-dealkylation sites (tertiary alicyclic amines) is 1. The molecular formula is C72H148N4O. The molecule has 0 aromatic carbocycles. The van der Waals surface area contributed by atoms with E-state index >= 15 is 0 Å². The Balaban J connectivity index is 2.83. The number of piperidine rings is 1. The molecule has 0 radical (unpaired) electrons. The van der Waals surface area contributed by atoms with Crippen LogP contribution in [0.5, 0.6) is 0 Å². The van der Waals surface area contributed by atoms with Gasteiger partial charge in [0, 0.05) is 32.2 Å². The topological polar surface area (TPSA) is 33.2 Å². The van der Waals surface area contributed by atoms with Gasteiger partial charge in [-0.3, -0.25) is 9.80 Å². The molecule has 0 saturated carbocycles. The van der Waals surface area contributed by atoms with E-state index in [4.69, 9.17) is 0 Å². The summed E-state index contributed by atoms with van der Waals surface area (Å²) < 4.78 is 0. The van der Waals surface area contributed by atoms with E-state index in [9.17, 15) is 5.11 Å². The Bertz CT molecular complexity index is 1050. The normalized spacial score (nSPS) is 14.6. The lowest BCUT2D eigenvalue weighted by Gasteiger charge is -2.40. The number of nitrogens with zero attached hydrogens (tertiary/aromatic N) is 4. The van der Waals surface area contributed by atoms with Crippen molar-refractivity contribution in [3.63, 3.8) is 0 Å². The molecule has 0 bridgehead atoms. The molecule has 1 aliphatic heterocycles. The zero-order valence-corrected chi connectivity index (χ0v) is 54.5. The Hall–Kier alpha value is -0.200. The van der Waals surface area contributed by atoms with Crippen LogP contribution in [0, 0.1) is 5.92 Å². The minimum Gasteiger partial charge on any atom is -0.392 e. The third-order valence-electron chi connectivity index (χ3n) is 18.6. The standard InChI is InChI=1S/C72H148N4O/c1-7-12-17-22-27-32-37-42-47-52-59-73(60-53-48-43-38-33-28-23-18-13-8-2)66-67-75(63-56-51-46-41-36-31-26-21-16-11-5)69-72(77)71-57-64-76(65-58-71)70(6)68-74(61-54-49-44-39-34-29-24-19-14-9-3)62-55-50-45-40-35-30-25-20-15-10-4/h70-72,77H,7-69H2,1-6H3. The van der Waals surface area contributed by atoms with E-state index in [0.29, 0.717) is 12.0 Å². The first-order valence-corrected chi connectivity index (χ1v) is 36.6. The maximum atomic E-state index is 12.1. The molecule has 1 fully saturated rings. The fraction of sp³-hybridized carbons (Fsp3) is 1.00. The first-order chi connectivity index (χ1) is 38.0. The fourth-order valence-corrected chi connectivity index (χ4v) is 13.0. The predicted octanol–water partition coefficient (Wildman–Crippen LogP) is 22.0. The first kappa shape index (κ1) is 74.8. The van der Waals surface area contributed by atoms with Crippen LogP contribution in [0.1, 0.15) is 375 Å². The first-order valence-electron chi connectivity index (χ1n) is 36.6. The van der Waals surface area contributed by atoms with Gasteiger partial charge in [-0.05, 0) is 104 Å².